The maximum atomic E-state index is 12.6. The summed E-state index contributed by atoms with van der Waals surface area (Å²) in [5, 5.41) is 0. The van der Waals surface area contributed by atoms with Crippen LogP contribution in [0.4, 0.5) is 5.69 Å². The van der Waals surface area contributed by atoms with E-state index in [1.165, 1.54) is 0 Å². The topological polar surface area (TPSA) is 46.3 Å². The Bertz CT molecular complexity index is 468. The molecule has 3 heteroatoms. The van der Waals surface area contributed by atoms with Gasteiger partial charge in [-0.2, -0.15) is 0 Å². The van der Waals surface area contributed by atoms with Crippen LogP contribution in [-0.2, 0) is 0 Å². The lowest BCUT2D eigenvalue weighted by atomic mass is 9.81. The lowest BCUT2D eigenvalue weighted by Gasteiger charge is -2.37. The quantitative estimate of drug-likeness (QED) is 0.845. The number of carbonyl (C=O) groups excluding carboxylic acids is 1. The molecule has 1 amide bonds. The summed E-state index contributed by atoms with van der Waals surface area (Å²) in [4.78, 5) is 14.5. The Kier molecular flexibility index (Phi) is 4.13. The minimum absolute atomic E-state index is 0.110. The van der Waals surface area contributed by atoms with Crippen molar-refractivity contribution in [3.05, 3.63) is 29.3 Å². The summed E-state index contributed by atoms with van der Waals surface area (Å²) in [6, 6.07) is 5.85. The third-order valence-electron chi connectivity index (χ3n) is 4.03. The molecule has 0 spiro atoms. The summed E-state index contributed by atoms with van der Waals surface area (Å²) < 4.78 is 0. The summed E-state index contributed by atoms with van der Waals surface area (Å²) in [7, 11) is 0. The molecular formula is C16H24N2O. The number of nitrogens with zero attached hydrogens (tertiary/aromatic N) is 1. The SMILES string of the molecule is CCCCN1CC(C(C)C)c2cccc(N)c2C1=O. The second kappa shape index (κ2) is 5.64. The minimum atomic E-state index is 0.110. The van der Waals surface area contributed by atoms with E-state index in [9.17, 15) is 4.79 Å². The van der Waals surface area contributed by atoms with Crippen molar-refractivity contribution in [2.24, 2.45) is 5.92 Å². The third kappa shape index (κ3) is 2.60. The highest BCUT2D eigenvalue weighted by molar-refractivity contribution is 6.01. The van der Waals surface area contributed by atoms with E-state index in [1.54, 1.807) is 0 Å². The Labute approximate surface area is 115 Å². The molecule has 3 nitrogen and oxygen atoms in total. The Morgan fingerprint density at radius 1 is 1.42 bits per heavy atom. The van der Waals surface area contributed by atoms with Crippen LogP contribution in [0.15, 0.2) is 18.2 Å². The van der Waals surface area contributed by atoms with Gasteiger partial charge >= 0.3 is 0 Å². The number of anilines is 1. The Hall–Kier alpha value is -1.51. The number of fused-ring (bicyclic) bond motifs is 1. The van der Waals surface area contributed by atoms with Crippen molar-refractivity contribution in [2.45, 2.75) is 39.5 Å². The smallest absolute Gasteiger partial charge is 0.256 e. The molecule has 1 aliphatic rings. The summed E-state index contributed by atoms with van der Waals surface area (Å²) >= 11 is 0. The van der Waals surface area contributed by atoms with E-state index >= 15 is 0 Å². The highest BCUT2D eigenvalue weighted by Crippen LogP contribution is 2.36. The van der Waals surface area contributed by atoms with Crippen LogP contribution < -0.4 is 5.73 Å². The molecule has 1 aromatic carbocycles. The number of nitrogens with two attached hydrogens (primary N) is 1. The normalized spacial score (nSPS) is 18.8. The second-order valence-corrected chi connectivity index (χ2v) is 5.77. The summed E-state index contributed by atoms with van der Waals surface area (Å²) in [6.07, 6.45) is 2.16. The molecule has 1 aromatic rings. The predicted octanol–water partition coefficient (Wildman–Crippen LogP) is 3.26. The van der Waals surface area contributed by atoms with E-state index in [0.29, 0.717) is 17.5 Å². The zero-order valence-electron chi connectivity index (χ0n) is 12.1. The largest absolute Gasteiger partial charge is 0.398 e. The van der Waals surface area contributed by atoms with Crippen molar-refractivity contribution in [3.63, 3.8) is 0 Å². The van der Waals surface area contributed by atoms with Crippen LogP contribution in [0.25, 0.3) is 0 Å². The minimum Gasteiger partial charge on any atom is -0.398 e. The maximum Gasteiger partial charge on any atom is 0.256 e. The average molecular weight is 260 g/mol. The monoisotopic (exact) mass is 260 g/mol. The van der Waals surface area contributed by atoms with Crippen molar-refractivity contribution < 1.29 is 4.79 Å². The molecule has 1 atom stereocenters. The number of unbranched alkanes of at least 4 members (excludes halogenated alkanes) is 1. The number of nitrogen functional groups attached to an aromatic ring is 1. The van der Waals surface area contributed by atoms with Gasteiger partial charge in [0.1, 0.15) is 0 Å². The molecule has 104 valence electrons. The molecule has 2 N–H and O–H groups in total. The first kappa shape index (κ1) is 13.9. The molecule has 0 radical (unpaired) electrons. The molecule has 0 bridgehead atoms. The zero-order valence-corrected chi connectivity index (χ0v) is 12.1. The van der Waals surface area contributed by atoms with Crippen LogP contribution in [0, 0.1) is 5.92 Å². The fourth-order valence-electron chi connectivity index (χ4n) is 2.83. The van der Waals surface area contributed by atoms with E-state index in [0.717, 1.165) is 37.1 Å². The molecule has 2 rings (SSSR count). The van der Waals surface area contributed by atoms with Gasteiger partial charge in [-0.15, -0.1) is 0 Å². The highest BCUT2D eigenvalue weighted by Gasteiger charge is 2.33. The van der Waals surface area contributed by atoms with Crippen LogP contribution in [0.2, 0.25) is 0 Å². The van der Waals surface area contributed by atoms with Gasteiger partial charge in [0.15, 0.2) is 0 Å². The molecule has 1 aliphatic heterocycles. The van der Waals surface area contributed by atoms with Gasteiger partial charge < -0.3 is 10.6 Å². The van der Waals surface area contributed by atoms with Crippen molar-refractivity contribution in [1.82, 2.24) is 4.90 Å². The fourth-order valence-corrected chi connectivity index (χ4v) is 2.83. The lowest BCUT2D eigenvalue weighted by molar-refractivity contribution is 0.0707. The molecule has 1 unspecified atom stereocenters. The maximum absolute atomic E-state index is 12.6. The van der Waals surface area contributed by atoms with Gasteiger partial charge in [-0.3, -0.25) is 4.79 Å². The summed E-state index contributed by atoms with van der Waals surface area (Å²) in [5.41, 5.74) is 8.53. The van der Waals surface area contributed by atoms with Crippen molar-refractivity contribution in [2.75, 3.05) is 18.8 Å². The summed E-state index contributed by atoms with van der Waals surface area (Å²) in [5.74, 6) is 1.02. The predicted molar refractivity (Wildman–Crippen MR) is 79.2 cm³/mol. The van der Waals surface area contributed by atoms with Gasteiger partial charge in [0, 0.05) is 24.7 Å². The molecule has 0 saturated heterocycles. The van der Waals surface area contributed by atoms with Crippen molar-refractivity contribution >= 4 is 11.6 Å². The Morgan fingerprint density at radius 3 is 2.79 bits per heavy atom. The second-order valence-electron chi connectivity index (χ2n) is 5.77. The van der Waals surface area contributed by atoms with E-state index in [-0.39, 0.29) is 5.91 Å². The molecule has 0 fully saturated rings. The number of carbonyl (C=O) groups is 1. The van der Waals surface area contributed by atoms with E-state index < -0.39 is 0 Å². The van der Waals surface area contributed by atoms with Crippen LogP contribution in [-0.4, -0.2) is 23.9 Å². The Morgan fingerprint density at radius 2 is 2.16 bits per heavy atom. The van der Waals surface area contributed by atoms with Gasteiger partial charge in [-0.25, -0.2) is 0 Å². The zero-order chi connectivity index (χ0) is 14.0. The van der Waals surface area contributed by atoms with E-state index in [2.05, 4.69) is 26.8 Å². The Balaban J connectivity index is 2.40. The van der Waals surface area contributed by atoms with Crippen LogP contribution in [0.5, 0.6) is 0 Å². The molecule has 0 aromatic heterocycles. The summed E-state index contributed by atoms with van der Waals surface area (Å²) in [6.45, 7) is 8.24. The molecule has 0 saturated carbocycles. The van der Waals surface area contributed by atoms with Crippen LogP contribution in [0.3, 0.4) is 0 Å². The molecule has 19 heavy (non-hydrogen) atoms. The number of rotatable bonds is 4. The number of hydrogen-bond donors (Lipinski definition) is 1. The number of hydrogen-bond acceptors (Lipinski definition) is 2. The number of benzene rings is 1. The van der Waals surface area contributed by atoms with Crippen LogP contribution >= 0.6 is 0 Å². The first-order chi connectivity index (χ1) is 9.06. The first-order valence-electron chi connectivity index (χ1n) is 7.23. The molecular weight excluding hydrogens is 236 g/mol. The van der Waals surface area contributed by atoms with Crippen molar-refractivity contribution in [3.8, 4) is 0 Å². The highest BCUT2D eigenvalue weighted by atomic mass is 16.2. The standard InChI is InChI=1S/C16H24N2O/c1-4-5-9-18-10-13(11(2)3)12-7-6-8-14(17)15(12)16(18)19/h6-8,11,13H,4-5,9-10,17H2,1-3H3. The van der Waals surface area contributed by atoms with E-state index in [4.69, 9.17) is 5.73 Å². The van der Waals surface area contributed by atoms with Crippen molar-refractivity contribution in [1.29, 1.82) is 0 Å². The van der Waals surface area contributed by atoms with Gasteiger partial charge in [-0.1, -0.05) is 39.3 Å². The fraction of sp³-hybridized carbons (Fsp3) is 0.562. The molecule has 1 heterocycles. The van der Waals surface area contributed by atoms with Crippen LogP contribution in [0.1, 0.15) is 55.5 Å². The number of amides is 1. The van der Waals surface area contributed by atoms with Gasteiger partial charge in [0.25, 0.3) is 5.91 Å². The van der Waals surface area contributed by atoms with Gasteiger partial charge in [-0.05, 0) is 24.0 Å². The third-order valence-corrected chi connectivity index (χ3v) is 4.03. The lowest BCUT2D eigenvalue weighted by Crippen LogP contribution is -2.42. The van der Waals surface area contributed by atoms with Gasteiger partial charge in [0.2, 0.25) is 0 Å². The van der Waals surface area contributed by atoms with Gasteiger partial charge in [0.05, 0.1) is 5.56 Å². The average Bonchev–Trinajstić information content (AvgIpc) is 2.37. The van der Waals surface area contributed by atoms with E-state index in [1.807, 2.05) is 17.0 Å². The molecule has 0 aliphatic carbocycles. The first-order valence-corrected chi connectivity index (χ1v) is 7.23.